The van der Waals surface area contributed by atoms with E-state index in [1.54, 1.807) is 0 Å². The van der Waals surface area contributed by atoms with Gasteiger partial charge in [-0.15, -0.1) is 0 Å². The standard InChI is InChI=1S/C26H54O4S.K/c1-3-5-7-9-11-12-13-14-15-16-17-18-20-22-24-26(25-30-31(27,28)29)23-21-19-10-8-6-4-2;/h26H,3-25H2,1-2H3,(H,27,28,29);/q;+1/p-1. The third-order valence-electron chi connectivity index (χ3n) is 6.38. The molecule has 0 rings (SSSR count). The Balaban J connectivity index is 0. The summed E-state index contributed by atoms with van der Waals surface area (Å²) in [6.07, 6.45) is 28.1. The molecule has 0 saturated heterocycles. The fraction of sp³-hybridized carbons (Fsp3) is 1.00. The molecule has 0 aromatic heterocycles. The summed E-state index contributed by atoms with van der Waals surface area (Å²) in [5, 5.41) is 0. The van der Waals surface area contributed by atoms with E-state index >= 15 is 0 Å². The third-order valence-corrected chi connectivity index (χ3v) is 6.80. The molecule has 0 aliphatic carbocycles. The first kappa shape index (κ1) is 35.7. The molecule has 6 heteroatoms. The second-order valence-electron chi connectivity index (χ2n) is 9.50. The maximum Gasteiger partial charge on any atom is 1.00 e. The molecular weight excluding hydrogens is 447 g/mol. The van der Waals surface area contributed by atoms with E-state index in [0.29, 0.717) is 0 Å². The molecule has 0 aromatic rings. The minimum Gasteiger partial charge on any atom is -0.726 e. The molecular formula is C26H53KO4S. The Morgan fingerprint density at radius 3 is 1.12 bits per heavy atom. The van der Waals surface area contributed by atoms with Crippen molar-refractivity contribution < 1.29 is 68.5 Å². The van der Waals surface area contributed by atoms with Gasteiger partial charge in [0.15, 0.2) is 0 Å². The van der Waals surface area contributed by atoms with Crippen LogP contribution in [-0.2, 0) is 14.6 Å². The fourth-order valence-electron chi connectivity index (χ4n) is 4.33. The van der Waals surface area contributed by atoms with Crippen molar-refractivity contribution in [1.29, 1.82) is 0 Å². The summed E-state index contributed by atoms with van der Waals surface area (Å²) in [4.78, 5) is 0. The van der Waals surface area contributed by atoms with Crippen molar-refractivity contribution in [3.8, 4) is 0 Å². The maximum atomic E-state index is 10.8. The molecule has 4 nitrogen and oxygen atoms in total. The van der Waals surface area contributed by atoms with Crippen LogP contribution >= 0.6 is 0 Å². The van der Waals surface area contributed by atoms with Crippen LogP contribution in [-0.4, -0.2) is 19.6 Å². The van der Waals surface area contributed by atoms with Crippen LogP contribution < -0.4 is 51.4 Å². The Hall–Kier alpha value is 1.51. The van der Waals surface area contributed by atoms with Crippen LogP contribution in [0.15, 0.2) is 0 Å². The number of rotatable bonds is 25. The predicted molar refractivity (Wildman–Crippen MR) is 132 cm³/mol. The molecule has 32 heavy (non-hydrogen) atoms. The van der Waals surface area contributed by atoms with Crippen molar-refractivity contribution in [3.63, 3.8) is 0 Å². The molecule has 0 aliphatic rings. The average molecular weight is 501 g/mol. The largest absolute Gasteiger partial charge is 1.00 e. The van der Waals surface area contributed by atoms with Gasteiger partial charge in [-0.25, -0.2) is 8.42 Å². The summed E-state index contributed by atoms with van der Waals surface area (Å²) in [5.74, 6) is 0.201. The first-order chi connectivity index (χ1) is 15.0. The smallest absolute Gasteiger partial charge is 0.726 e. The van der Waals surface area contributed by atoms with Crippen LogP contribution in [0.5, 0.6) is 0 Å². The van der Waals surface area contributed by atoms with Crippen LogP contribution in [0, 0.1) is 5.92 Å². The van der Waals surface area contributed by atoms with E-state index in [4.69, 9.17) is 0 Å². The third kappa shape index (κ3) is 29.5. The molecule has 0 amide bonds. The molecule has 0 heterocycles. The summed E-state index contributed by atoms with van der Waals surface area (Å²) in [6.45, 7) is 4.55. The van der Waals surface area contributed by atoms with Gasteiger partial charge in [0.1, 0.15) is 0 Å². The summed E-state index contributed by atoms with van der Waals surface area (Å²) in [6, 6.07) is 0. The Morgan fingerprint density at radius 1 is 0.562 bits per heavy atom. The number of hydrogen-bond donors (Lipinski definition) is 0. The monoisotopic (exact) mass is 500 g/mol. The van der Waals surface area contributed by atoms with E-state index in [9.17, 15) is 13.0 Å². The fourth-order valence-corrected chi connectivity index (χ4v) is 4.69. The van der Waals surface area contributed by atoms with Crippen molar-refractivity contribution in [1.82, 2.24) is 0 Å². The van der Waals surface area contributed by atoms with Gasteiger partial charge in [-0.2, -0.15) is 0 Å². The predicted octanol–water partition coefficient (Wildman–Crippen LogP) is 5.71. The van der Waals surface area contributed by atoms with Crippen LogP contribution in [0.2, 0.25) is 0 Å². The molecule has 1 unspecified atom stereocenters. The Bertz CT molecular complexity index is 457. The Kier molecular flexibility index (Phi) is 30.2. The van der Waals surface area contributed by atoms with Gasteiger partial charge in [0.2, 0.25) is 10.4 Å². The topological polar surface area (TPSA) is 66.4 Å². The van der Waals surface area contributed by atoms with E-state index in [1.165, 1.54) is 116 Å². The van der Waals surface area contributed by atoms with Crippen molar-refractivity contribution >= 4 is 10.4 Å². The summed E-state index contributed by atoms with van der Waals surface area (Å²) in [7, 11) is -4.57. The number of unbranched alkanes of at least 4 members (excludes halogenated alkanes) is 18. The van der Waals surface area contributed by atoms with E-state index in [2.05, 4.69) is 18.0 Å². The molecule has 0 aliphatic heterocycles. The van der Waals surface area contributed by atoms with Crippen LogP contribution in [0.4, 0.5) is 0 Å². The second kappa shape index (κ2) is 27.1. The first-order valence-corrected chi connectivity index (χ1v) is 14.9. The minimum atomic E-state index is -4.57. The van der Waals surface area contributed by atoms with Gasteiger partial charge in [-0.1, -0.05) is 142 Å². The molecule has 188 valence electrons. The van der Waals surface area contributed by atoms with E-state index in [-0.39, 0.29) is 63.9 Å². The SMILES string of the molecule is CCCCCCCCCCCCCCCCC(CCCCCCCC)COS(=O)(=O)[O-].[K+]. The zero-order valence-corrected chi connectivity index (χ0v) is 25.8. The van der Waals surface area contributed by atoms with Gasteiger partial charge >= 0.3 is 51.4 Å². The molecule has 0 aromatic carbocycles. The zero-order chi connectivity index (χ0) is 23.0. The summed E-state index contributed by atoms with van der Waals surface area (Å²) < 4.78 is 37.0. The Morgan fingerprint density at radius 2 is 0.844 bits per heavy atom. The van der Waals surface area contributed by atoms with Gasteiger partial charge in [0.05, 0.1) is 6.61 Å². The normalized spacial score (nSPS) is 12.6. The molecule has 0 saturated carbocycles. The van der Waals surface area contributed by atoms with Crippen molar-refractivity contribution in [2.24, 2.45) is 5.92 Å². The Labute approximate surface area is 244 Å². The first-order valence-electron chi connectivity index (χ1n) is 13.6. The zero-order valence-electron chi connectivity index (χ0n) is 21.9. The minimum absolute atomic E-state index is 0. The molecule has 0 N–H and O–H groups in total. The van der Waals surface area contributed by atoms with Crippen LogP contribution in [0.25, 0.3) is 0 Å². The van der Waals surface area contributed by atoms with E-state index in [0.717, 1.165) is 25.7 Å². The quantitative estimate of drug-likeness (QED) is 0.0697. The van der Waals surface area contributed by atoms with Gasteiger partial charge in [0, 0.05) is 0 Å². The maximum absolute atomic E-state index is 10.8. The van der Waals surface area contributed by atoms with E-state index < -0.39 is 10.4 Å². The number of hydrogen-bond acceptors (Lipinski definition) is 4. The van der Waals surface area contributed by atoms with Crippen molar-refractivity contribution in [2.75, 3.05) is 6.61 Å². The molecule has 0 fully saturated rings. The van der Waals surface area contributed by atoms with Crippen LogP contribution in [0.1, 0.15) is 155 Å². The molecule has 0 spiro atoms. The van der Waals surface area contributed by atoms with Gasteiger partial charge < -0.3 is 4.55 Å². The summed E-state index contributed by atoms with van der Waals surface area (Å²) >= 11 is 0. The molecule has 0 radical (unpaired) electrons. The molecule has 0 bridgehead atoms. The van der Waals surface area contributed by atoms with E-state index in [1.807, 2.05) is 0 Å². The van der Waals surface area contributed by atoms with Crippen LogP contribution in [0.3, 0.4) is 0 Å². The van der Waals surface area contributed by atoms with Gasteiger partial charge in [0.25, 0.3) is 0 Å². The van der Waals surface area contributed by atoms with Gasteiger partial charge in [-0.3, -0.25) is 4.18 Å². The van der Waals surface area contributed by atoms with Crippen molar-refractivity contribution in [2.45, 2.75) is 155 Å². The summed E-state index contributed by atoms with van der Waals surface area (Å²) in [5.41, 5.74) is 0. The molecule has 1 atom stereocenters. The van der Waals surface area contributed by atoms with Gasteiger partial charge in [-0.05, 0) is 18.8 Å². The second-order valence-corrected chi connectivity index (χ2v) is 10.6. The van der Waals surface area contributed by atoms with Crippen molar-refractivity contribution in [3.05, 3.63) is 0 Å². The average Bonchev–Trinajstić information content (AvgIpc) is 2.73.